The van der Waals surface area contributed by atoms with Crippen LogP contribution in [0.4, 0.5) is 26.3 Å². The van der Waals surface area contributed by atoms with Crippen molar-refractivity contribution in [2.75, 3.05) is 7.11 Å². The Kier molecular flexibility index (Phi) is 3.69. The number of phenolic OH excluding ortho intramolecular Hbond substituents is 1. The number of halogens is 6. The van der Waals surface area contributed by atoms with Crippen molar-refractivity contribution >= 4 is 5.97 Å². The number of carbonyl (C=O) groups excluding carboxylic acids is 1. The van der Waals surface area contributed by atoms with Crippen LogP contribution in [-0.4, -0.2) is 18.2 Å². The number of phenols is 1. The Balaban J connectivity index is 3.60. The highest BCUT2D eigenvalue weighted by atomic mass is 19.4. The molecule has 0 saturated carbocycles. The molecule has 0 bridgehead atoms. The average Bonchev–Trinajstić information content (AvgIpc) is 2.24. The second kappa shape index (κ2) is 4.63. The number of carbonyl (C=O) groups is 1. The Morgan fingerprint density at radius 2 is 1.53 bits per heavy atom. The predicted molar refractivity (Wildman–Crippen MR) is 49.5 cm³/mol. The number of aromatic hydroxyl groups is 1. The molecule has 0 radical (unpaired) electrons. The van der Waals surface area contributed by atoms with Crippen LogP contribution in [0.15, 0.2) is 12.1 Å². The highest BCUT2D eigenvalue weighted by Gasteiger charge is 2.41. The molecule has 1 aromatic rings. The number of esters is 1. The van der Waals surface area contributed by atoms with Gasteiger partial charge in [-0.1, -0.05) is 0 Å². The molecule has 0 fully saturated rings. The molecule has 19 heavy (non-hydrogen) atoms. The molecule has 0 aliphatic rings. The minimum atomic E-state index is -5.11. The first kappa shape index (κ1) is 15.1. The fourth-order valence-electron chi connectivity index (χ4n) is 1.33. The summed E-state index contributed by atoms with van der Waals surface area (Å²) in [7, 11) is 0.725. The van der Waals surface area contributed by atoms with E-state index in [9.17, 15) is 31.1 Å². The highest BCUT2D eigenvalue weighted by Crippen LogP contribution is 2.41. The Labute approximate surface area is 102 Å². The molecule has 0 atom stereocenters. The van der Waals surface area contributed by atoms with Gasteiger partial charge in [0.15, 0.2) is 0 Å². The zero-order chi connectivity index (χ0) is 15.0. The zero-order valence-electron chi connectivity index (χ0n) is 9.19. The van der Waals surface area contributed by atoms with Gasteiger partial charge in [0.1, 0.15) is 5.75 Å². The monoisotopic (exact) mass is 288 g/mol. The fourth-order valence-corrected chi connectivity index (χ4v) is 1.33. The van der Waals surface area contributed by atoms with Crippen LogP contribution in [0.1, 0.15) is 21.5 Å². The SMILES string of the molecule is COC(=O)c1cc(C(F)(F)F)c(O)cc1C(F)(F)F. The van der Waals surface area contributed by atoms with Crippen LogP contribution in [0, 0.1) is 0 Å². The maximum absolute atomic E-state index is 12.6. The summed E-state index contributed by atoms with van der Waals surface area (Å²) in [5, 5.41) is 9.00. The van der Waals surface area contributed by atoms with Crippen molar-refractivity contribution in [2.24, 2.45) is 0 Å². The lowest BCUT2D eigenvalue weighted by Gasteiger charge is -2.15. The first-order chi connectivity index (χ1) is 8.48. The van der Waals surface area contributed by atoms with E-state index in [2.05, 4.69) is 4.74 Å². The molecule has 0 amide bonds. The summed E-state index contributed by atoms with van der Waals surface area (Å²) in [6.45, 7) is 0. The van der Waals surface area contributed by atoms with Crippen LogP contribution in [0.2, 0.25) is 0 Å². The first-order valence-corrected chi connectivity index (χ1v) is 4.58. The van der Waals surface area contributed by atoms with Gasteiger partial charge in [-0.15, -0.1) is 0 Å². The van der Waals surface area contributed by atoms with Gasteiger partial charge in [-0.3, -0.25) is 0 Å². The molecule has 1 rings (SSSR count). The molecule has 0 unspecified atom stereocenters. The van der Waals surface area contributed by atoms with E-state index < -0.39 is 40.8 Å². The molecule has 1 N–H and O–H groups in total. The van der Waals surface area contributed by atoms with Gasteiger partial charge in [0.2, 0.25) is 0 Å². The van der Waals surface area contributed by atoms with Crippen LogP contribution in [0.5, 0.6) is 5.75 Å². The third kappa shape index (κ3) is 3.09. The van der Waals surface area contributed by atoms with Crippen molar-refractivity contribution in [3.05, 3.63) is 28.8 Å². The van der Waals surface area contributed by atoms with Crippen LogP contribution in [0.3, 0.4) is 0 Å². The second-order valence-electron chi connectivity index (χ2n) is 3.40. The van der Waals surface area contributed by atoms with Crippen molar-refractivity contribution in [1.82, 2.24) is 0 Å². The molecule has 1 aromatic carbocycles. The summed E-state index contributed by atoms with van der Waals surface area (Å²) >= 11 is 0. The Morgan fingerprint density at radius 3 is 1.89 bits per heavy atom. The van der Waals surface area contributed by atoms with Gasteiger partial charge in [0.25, 0.3) is 0 Å². The van der Waals surface area contributed by atoms with E-state index >= 15 is 0 Å². The lowest BCUT2D eigenvalue weighted by Crippen LogP contribution is -2.17. The molecule has 106 valence electrons. The first-order valence-electron chi connectivity index (χ1n) is 4.58. The summed E-state index contributed by atoms with van der Waals surface area (Å²) in [4.78, 5) is 11.1. The highest BCUT2D eigenvalue weighted by molar-refractivity contribution is 5.92. The van der Waals surface area contributed by atoms with Crippen molar-refractivity contribution in [3.8, 4) is 5.75 Å². The summed E-state index contributed by atoms with van der Waals surface area (Å²) < 4.78 is 78.9. The Morgan fingerprint density at radius 1 is 1.05 bits per heavy atom. The van der Waals surface area contributed by atoms with Gasteiger partial charge in [0.05, 0.1) is 23.8 Å². The predicted octanol–water partition coefficient (Wildman–Crippen LogP) is 3.22. The van der Waals surface area contributed by atoms with Crippen molar-refractivity contribution in [3.63, 3.8) is 0 Å². The Bertz CT molecular complexity index is 503. The topological polar surface area (TPSA) is 46.5 Å². The van der Waals surface area contributed by atoms with Crippen LogP contribution in [0.25, 0.3) is 0 Å². The molecule has 9 heteroatoms. The molecular formula is C10H6F6O3. The van der Waals surface area contributed by atoms with Crippen LogP contribution in [-0.2, 0) is 17.1 Å². The standard InChI is InChI=1S/C10H6F6O3/c1-19-8(18)4-2-6(10(14,15)16)7(17)3-5(4)9(11,12)13/h2-3,17H,1H3. The quantitative estimate of drug-likeness (QED) is 0.637. The summed E-state index contributed by atoms with van der Waals surface area (Å²) in [5.74, 6) is -3.20. The van der Waals surface area contributed by atoms with Gasteiger partial charge in [-0.2, -0.15) is 26.3 Å². The number of hydrogen-bond donors (Lipinski definition) is 1. The molecule has 0 aromatic heterocycles. The maximum atomic E-state index is 12.6. The molecule has 0 spiro atoms. The lowest BCUT2D eigenvalue weighted by atomic mass is 10.0. The van der Waals surface area contributed by atoms with Crippen molar-refractivity contribution in [2.45, 2.75) is 12.4 Å². The number of benzene rings is 1. The number of rotatable bonds is 1. The van der Waals surface area contributed by atoms with Gasteiger partial charge in [-0.25, -0.2) is 4.79 Å². The Hall–Kier alpha value is -1.93. The minimum absolute atomic E-state index is 0.0933. The van der Waals surface area contributed by atoms with Crippen molar-refractivity contribution < 1.29 is 41.0 Å². The van der Waals surface area contributed by atoms with Gasteiger partial charge < -0.3 is 9.84 Å². The summed E-state index contributed by atoms with van der Waals surface area (Å²) in [6.07, 6.45) is -10.2. The summed E-state index contributed by atoms with van der Waals surface area (Å²) in [6, 6.07) is -0.251. The lowest BCUT2D eigenvalue weighted by molar-refractivity contribution is -0.142. The molecule has 0 aliphatic carbocycles. The van der Waals surface area contributed by atoms with E-state index in [1.165, 1.54) is 0 Å². The van der Waals surface area contributed by atoms with Crippen LogP contribution < -0.4 is 0 Å². The normalized spacial score (nSPS) is 12.4. The third-order valence-corrected chi connectivity index (χ3v) is 2.15. The van der Waals surface area contributed by atoms with Crippen LogP contribution >= 0.6 is 0 Å². The van der Waals surface area contributed by atoms with Crippen molar-refractivity contribution in [1.29, 1.82) is 0 Å². The van der Waals surface area contributed by atoms with E-state index in [1.807, 2.05) is 0 Å². The molecular weight excluding hydrogens is 282 g/mol. The van der Waals surface area contributed by atoms with Gasteiger partial charge in [0, 0.05) is 0 Å². The molecule has 3 nitrogen and oxygen atoms in total. The number of hydrogen-bond acceptors (Lipinski definition) is 3. The van der Waals surface area contributed by atoms with E-state index in [0.29, 0.717) is 0 Å². The van der Waals surface area contributed by atoms with E-state index in [-0.39, 0.29) is 12.1 Å². The van der Waals surface area contributed by atoms with Gasteiger partial charge >= 0.3 is 18.3 Å². The number of methoxy groups -OCH3 is 1. The molecule has 0 aliphatic heterocycles. The third-order valence-electron chi connectivity index (χ3n) is 2.15. The van der Waals surface area contributed by atoms with Gasteiger partial charge in [-0.05, 0) is 12.1 Å². The molecule has 0 heterocycles. The number of ether oxygens (including phenoxy) is 1. The summed E-state index contributed by atoms with van der Waals surface area (Å²) in [5.41, 5.74) is -4.77. The van der Waals surface area contributed by atoms with E-state index in [4.69, 9.17) is 5.11 Å². The minimum Gasteiger partial charge on any atom is -0.507 e. The largest absolute Gasteiger partial charge is 0.507 e. The van der Waals surface area contributed by atoms with E-state index in [0.717, 1.165) is 7.11 Å². The maximum Gasteiger partial charge on any atom is 0.419 e. The smallest absolute Gasteiger partial charge is 0.419 e. The second-order valence-corrected chi connectivity index (χ2v) is 3.40. The zero-order valence-corrected chi connectivity index (χ0v) is 9.19. The number of alkyl halides is 6. The van der Waals surface area contributed by atoms with E-state index in [1.54, 1.807) is 0 Å². The molecule has 0 saturated heterocycles. The fraction of sp³-hybridized carbons (Fsp3) is 0.300. The average molecular weight is 288 g/mol.